The van der Waals surface area contributed by atoms with Crippen molar-refractivity contribution in [2.24, 2.45) is 5.92 Å². The Morgan fingerprint density at radius 3 is 2.88 bits per heavy atom. The standard InChI is InChI=1S/C16H20N4O3S/c1-17-24(22,23)19-7-6-13(15(21)9-19)16-12-5-3-2-4-11(12)14-8-18-10-20(14)16/h2-5,8,10,13,15-17,21H,6-7,9H2,1H3. The third-order valence-electron chi connectivity index (χ3n) is 5.12. The van der Waals surface area contributed by atoms with Gasteiger partial charge in [0.05, 0.1) is 30.4 Å². The highest BCUT2D eigenvalue weighted by Crippen LogP contribution is 2.45. The molecule has 2 aliphatic heterocycles. The van der Waals surface area contributed by atoms with E-state index in [4.69, 9.17) is 0 Å². The number of piperidine rings is 1. The summed E-state index contributed by atoms with van der Waals surface area (Å²) in [5.74, 6) is -0.0510. The van der Waals surface area contributed by atoms with Crippen LogP contribution in [0.4, 0.5) is 0 Å². The van der Waals surface area contributed by atoms with Gasteiger partial charge in [-0.05, 0) is 12.0 Å². The molecule has 0 radical (unpaired) electrons. The van der Waals surface area contributed by atoms with Gasteiger partial charge in [-0.25, -0.2) is 9.71 Å². The van der Waals surface area contributed by atoms with Crippen LogP contribution in [-0.4, -0.2) is 53.6 Å². The predicted molar refractivity (Wildman–Crippen MR) is 89.5 cm³/mol. The minimum atomic E-state index is -3.51. The number of aliphatic hydroxyl groups excluding tert-OH is 1. The molecule has 2 aliphatic rings. The van der Waals surface area contributed by atoms with Crippen molar-refractivity contribution in [3.63, 3.8) is 0 Å². The van der Waals surface area contributed by atoms with E-state index >= 15 is 0 Å². The number of fused-ring (bicyclic) bond motifs is 3. The summed E-state index contributed by atoms with van der Waals surface area (Å²) in [6.07, 6.45) is 3.50. The van der Waals surface area contributed by atoms with Gasteiger partial charge in [0.25, 0.3) is 10.2 Å². The van der Waals surface area contributed by atoms with E-state index in [0.717, 1.165) is 11.3 Å². The van der Waals surface area contributed by atoms with Crippen LogP contribution in [0.1, 0.15) is 18.0 Å². The van der Waals surface area contributed by atoms with Crippen LogP contribution in [0.15, 0.2) is 36.8 Å². The van der Waals surface area contributed by atoms with E-state index in [2.05, 4.69) is 26.4 Å². The van der Waals surface area contributed by atoms with E-state index < -0.39 is 16.3 Å². The Bertz CT molecular complexity index is 864. The Kier molecular flexibility index (Phi) is 3.72. The number of imidazole rings is 1. The summed E-state index contributed by atoms with van der Waals surface area (Å²) in [4.78, 5) is 4.25. The maximum absolute atomic E-state index is 12.0. The molecular weight excluding hydrogens is 328 g/mol. The van der Waals surface area contributed by atoms with Crippen molar-refractivity contribution in [1.29, 1.82) is 0 Å². The fourth-order valence-electron chi connectivity index (χ4n) is 3.95. The summed E-state index contributed by atoms with van der Waals surface area (Å²) >= 11 is 0. The van der Waals surface area contributed by atoms with Gasteiger partial charge in [0.2, 0.25) is 0 Å². The monoisotopic (exact) mass is 348 g/mol. The first-order chi connectivity index (χ1) is 11.5. The Labute approximate surface area is 141 Å². The first-order valence-electron chi connectivity index (χ1n) is 8.00. The lowest BCUT2D eigenvalue weighted by Gasteiger charge is -2.38. The van der Waals surface area contributed by atoms with Crippen LogP contribution in [-0.2, 0) is 10.2 Å². The second-order valence-electron chi connectivity index (χ2n) is 6.31. The molecule has 24 heavy (non-hydrogen) atoms. The third-order valence-corrected chi connectivity index (χ3v) is 6.65. The van der Waals surface area contributed by atoms with Crippen LogP contribution >= 0.6 is 0 Å². The van der Waals surface area contributed by atoms with Gasteiger partial charge in [-0.2, -0.15) is 12.7 Å². The van der Waals surface area contributed by atoms with Crippen LogP contribution in [0.3, 0.4) is 0 Å². The highest BCUT2D eigenvalue weighted by molar-refractivity contribution is 7.87. The molecule has 3 heterocycles. The summed E-state index contributed by atoms with van der Waals surface area (Å²) < 4.78 is 29.7. The fraction of sp³-hybridized carbons (Fsp3) is 0.438. The lowest BCUT2D eigenvalue weighted by molar-refractivity contribution is 0.0340. The van der Waals surface area contributed by atoms with Crippen molar-refractivity contribution in [2.75, 3.05) is 20.1 Å². The maximum Gasteiger partial charge on any atom is 0.279 e. The maximum atomic E-state index is 12.0. The summed E-state index contributed by atoms with van der Waals surface area (Å²) in [6, 6.07) is 8.13. The van der Waals surface area contributed by atoms with Gasteiger partial charge in [0.15, 0.2) is 0 Å². The van der Waals surface area contributed by atoms with Gasteiger partial charge in [-0.1, -0.05) is 24.3 Å². The number of nitrogens with one attached hydrogen (secondary N) is 1. The van der Waals surface area contributed by atoms with Crippen molar-refractivity contribution >= 4 is 10.2 Å². The normalized spacial score (nSPS) is 27.0. The SMILES string of the molecule is CNS(=O)(=O)N1CCC(C2c3ccccc3-c3cncn32)C(O)C1. The number of aliphatic hydroxyl groups is 1. The van der Waals surface area contributed by atoms with Crippen LogP contribution in [0, 0.1) is 5.92 Å². The highest BCUT2D eigenvalue weighted by atomic mass is 32.2. The molecule has 0 spiro atoms. The minimum Gasteiger partial charge on any atom is -0.391 e. The Hall–Kier alpha value is -1.74. The second-order valence-corrected chi connectivity index (χ2v) is 8.18. The molecule has 0 aliphatic carbocycles. The van der Waals surface area contributed by atoms with Crippen molar-refractivity contribution < 1.29 is 13.5 Å². The Morgan fingerprint density at radius 1 is 1.33 bits per heavy atom. The zero-order valence-corrected chi connectivity index (χ0v) is 14.1. The van der Waals surface area contributed by atoms with E-state index in [-0.39, 0.29) is 18.5 Å². The van der Waals surface area contributed by atoms with Crippen molar-refractivity contribution in [2.45, 2.75) is 18.6 Å². The summed E-state index contributed by atoms with van der Waals surface area (Å²) in [7, 11) is -2.12. The number of rotatable bonds is 3. The molecule has 3 unspecified atom stereocenters. The summed E-state index contributed by atoms with van der Waals surface area (Å²) in [5, 5.41) is 10.7. The average molecular weight is 348 g/mol. The zero-order valence-electron chi connectivity index (χ0n) is 13.3. The highest BCUT2D eigenvalue weighted by Gasteiger charge is 2.42. The van der Waals surface area contributed by atoms with Gasteiger partial charge in [-0.3, -0.25) is 0 Å². The molecule has 4 rings (SSSR count). The largest absolute Gasteiger partial charge is 0.391 e. The fourth-order valence-corrected chi connectivity index (χ4v) is 4.90. The number of aromatic nitrogens is 2. The van der Waals surface area contributed by atoms with Crippen LogP contribution in [0.2, 0.25) is 0 Å². The smallest absolute Gasteiger partial charge is 0.279 e. The van der Waals surface area contributed by atoms with Gasteiger partial charge < -0.3 is 9.67 Å². The van der Waals surface area contributed by atoms with Gasteiger partial charge >= 0.3 is 0 Å². The minimum absolute atomic E-state index is 0.00635. The topological polar surface area (TPSA) is 87.5 Å². The molecule has 0 bridgehead atoms. The molecular formula is C16H20N4O3S. The van der Waals surface area contributed by atoms with E-state index in [1.165, 1.54) is 16.9 Å². The molecule has 128 valence electrons. The van der Waals surface area contributed by atoms with Crippen LogP contribution < -0.4 is 4.72 Å². The van der Waals surface area contributed by atoms with Crippen LogP contribution in [0.25, 0.3) is 11.3 Å². The first-order valence-corrected chi connectivity index (χ1v) is 9.45. The lowest BCUT2D eigenvalue weighted by atomic mass is 9.84. The number of hydrogen-bond acceptors (Lipinski definition) is 4. The van der Waals surface area contributed by atoms with Gasteiger partial charge in [0.1, 0.15) is 0 Å². The molecule has 0 amide bonds. The zero-order chi connectivity index (χ0) is 16.9. The molecule has 1 aromatic carbocycles. The molecule has 8 heteroatoms. The molecule has 1 aromatic heterocycles. The lowest BCUT2D eigenvalue weighted by Crippen LogP contribution is -2.51. The molecule has 0 saturated carbocycles. The third kappa shape index (κ3) is 2.29. The Morgan fingerprint density at radius 2 is 2.12 bits per heavy atom. The second kappa shape index (κ2) is 5.66. The first kappa shape index (κ1) is 15.8. The number of nitrogens with zero attached hydrogens (tertiary/aromatic N) is 3. The van der Waals surface area contributed by atoms with Gasteiger partial charge in [0, 0.05) is 31.6 Å². The molecule has 3 atom stereocenters. The quantitative estimate of drug-likeness (QED) is 0.850. The van der Waals surface area contributed by atoms with Crippen molar-refractivity contribution in [1.82, 2.24) is 18.6 Å². The van der Waals surface area contributed by atoms with E-state index in [0.29, 0.717) is 13.0 Å². The molecule has 1 saturated heterocycles. The Balaban J connectivity index is 1.66. The van der Waals surface area contributed by atoms with E-state index in [1.54, 1.807) is 6.33 Å². The number of hydrogen-bond donors (Lipinski definition) is 2. The van der Waals surface area contributed by atoms with E-state index in [9.17, 15) is 13.5 Å². The van der Waals surface area contributed by atoms with Crippen molar-refractivity contribution in [3.8, 4) is 11.3 Å². The number of benzene rings is 1. The summed E-state index contributed by atoms with van der Waals surface area (Å²) in [6.45, 7) is 0.504. The van der Waals surface area contributed by atoms with Gasteiger partial charge in [-0.15, -0.1) is 0 Å². The molecule has 2 aromatic rings. The molecule has 7 nitrogen and oxygen atoms in total. The van der Waals surface area contributed by atoms with Crippen LogP contribution in [0.5, 0.6) is 0 Å². The molecule has 1 fully saturated rings. The number of β-amino-alcohol motifs (C(OH)–C–C–N with tert-alkyl or cyclic N) is 1. The predicted octanol–water partition coefficient (Wildman–Crippen LogP) is 0.600. The van der Waals surface area contributed by atoms with E-state index in [1.807, 2.05) is 18.3 Å². The summed E-state index contributed by atoms with van der Waals surface area (Å²) in [5.41, 5.74) is 3.36. The van der Waals surface area contributed by atoms with Crippen molar-refractivity contribution in [3.05, 3.63) is 42.4 Å². The average Bonchev–Trinajstić information content (AvgIpc) is 3.16. The molecule has 2 N–H and O–H groups in total.